The average Bonchev–Trinajstić information content (AvgIpc) is 3.19. The molecule has 0 saturated carbocycles. The van der Waals surface area contributed by atoms with Crippen LogP contribution in [0.3, 0.4) is 0 Å². The van der Waals surface area contributed by atoms with E-state index in [9.17, 15) is 14.4 Å². The van der Waals surface area contributed by atoms with Crippen molar-refractivity contribution in [3.05, 3.63) is 70.6 Å². The Labute approximate surface area is 179 Å². The molecule has 0 atom stereocenters. The van der Waals surface area contributed by atoms with E-state index in [2.05, 4.69) is 15.6 Å². The predicted octanol–water partition coefficient (Wildman–Crippen LogP) is 4.36. The van der Waals surface area contributed by atoms with Gasteiger partial charge >= 0.3 is 0 Å². The highest BCUT2D eigenvalue weighted by atomic mass is 32.1. The van der Waals surface area contributed by atoms with Crippen LogP contribution in [0.5, 0.6) is 0 Å². The van der Waals surface area contributed by atoms with Crippen molar-refractivity contribution in [3.63, 3.8) is 0 Å². The average molecular weight is 422 g/mol. The molecule has 7 heteroatoms. The number of benzene rings is 2. The minimum Gasteiger partial charge on any atom is -0.352 e. The number of thiazole rings is 1. The Kier molecular flexibility index (Phi) is 7.08. The Morgan fingerprint density at radius 1 is 0.967 bits per heavy atom. The number of hydrogen-bond donors (Lipinski definition) is 2. The van der Waals surface area contributed by atoms with Gasteiger partial charge in [-0.1, -0.05) is 54.1 Å². The van der Waals surface area contributed by atoms with E-state index in [0.717, 1.165) is 22.4 Å². The number of carbonyl (C=O) groups excluding carboxylic acids is 3. The molecule has 3 aromatic rings. The molecule has 0 aliphatic heterocycles. The predicted molar refractivity (Wildman–Crippen MR) is 118 cm³/mol. The number of nitrogens with zero attached hydrogens (tertiary/aromatic N) is 1. The number of nitrogens with one attached hydrogen (secondary N) is 2. The number of rotatable bonds is 8. The first-order valence-corrected chi connectivity index (χ1v) is 10.5. The number of hydrogen-bond acceptors (Lipinski definition) is 5. The lowest BCUT2D eigenvalue weighted by Gasteiger charge is -2.04. The molecule has 6 nitrogen and oxygen atoms in total. The van der Waals surface area contributed by atoms with Crippen molar-refractivity contribution < 1.29 is 14.4 Å². The molecule has 0 aliphatic carbocycles. The van der Waals surface area contributed by atoms with Gasteiger partial charge in [0.05, 0.1) is 5.69 Å². The lowest BCUT2D eigenvalue weighted by atomic mass is 10.1. The smallest absolute Gasteiger partial charge is 0.226 e. The summed E-state index contributed by atoms with van der Waals surface area (Å²) in [4.78, 5) is 39.8. The fraction of sp³-hybridized carbons (Fsp3) is 0.217. The highest BCUT2D eigenvalue weighted by molar-refractivity contribution is 7.14. The van der Waals surface area contributed by atoms with E-state index in [-0.39, 0.29) is 30.4 Å². The SMILES string of the molecule is CC(=O)NCc1ccc(-c2csc(NC(=O)CCC(=O)c3ccc(C)cc3)n2)cc1. The monoisotopic (exact) mass is 421 g/mol. The topological polar surface area (TPSA) is 88.2 Å². The number of aryl methyl sites for hydroxylation is 1. The number of amides is 2. The first-order chi connectivity index (χ1) is 14.4. The van der Waals surface area contributed by atoms with Crippen LogP contribution in [0.15, 0.2) is 53.9 Å². The van der Waals surface area contributed by atoms with Gasteiger partial charge in [0.2, 0.25) is 11.8 Å². The largest absolute Gasteiger partial charge is 0.352 e. The lowest BCUT2D eigenvalue weighted by molar-refractivity contribution is -0.119. The van der Waals surface area contributed by atoms with Gasteiger partial charge in [-0.05, 0) is 12.5 Å². The third-order valence-corrected chi connectivity index (χ3v) is 5.25. The first-order valence-electron chi connectivity index (χ1n) is 9.60. The summed E-state index contributed by atoms with van der Waals surface area (Å²) >= 11 is 1.34. The minimum atomic E-state index is -0.234. The maximum Gasteiger partial charge on any atom is 0.226 e. The van der Waals surface area contributed by atoms with Gasteiger partial charge in [0.25, 0.3) is 0 Å². The summed E-state index contributed by atoms with van der Waals surface area (Å²) in [6.07, 6.45) is 0.266. The van der Waals surface area contributed by atoms with E-state index in [0.29, 0.717) is 17.2 Å². The molecular formula is C23H23N3O3S. The van der Waals surface area contributed by atoms with Crippen molar-refractivity contribution in [1.82, 2.24) is 10.3 Å². The van der Waals surface area contributed by atoms with Crippen LogP contribution in [0, 0.1) is 6.92 Å². The van der Waals surface area contributed by atoms with Gasteiger partial charge in [-0.15, -0.1) is 11.3 Å². The molecule has 30 heavy (non-hydrogen) atoms. The minimum absolute atomic E-state index is 0.0515. The Bertz CT molecular complexity index is 1040. The zero-order valence-corrected chi connectivity index (χ0v) is 17.7. The number of carbonyl (C=O) groups is 3. The highest BCUT2D eigenvalue weighted by Crippen LogP contribution is 2.25. The zero-order chi connectivity index (χ0) is 21.5. The number of ketones is 1. The molecule has 0 saturated heterocycles. The zero-order valence-electron chi connectivity index (χ0n) is 16.9. The van der Waals surface area contributed by atoms with Gasteiger partial charge in [0.1, 0.15) is 0 Å². The van der Waals surface area contributed by atoms with Gasteiger partial charge in [-0.25, -0.2) is 4.98 Å². The molecule has 2 amide bonds. The fourth-order valence-corrected chi connectivity index (χ4v) is 3.51. The molecule has 0 aliphatic rings. The van der Waals surface area contributed by atoms with Crippen LogP contribution >= 0.6 is 11.3 Å². The van der Waals surface area contributed by atoms with Gasteiger partial charge in [0.15, 0.2) is 10.9 Å². The van der Waals surface area contributed by atoms with E-state index in [1.165, 1.54) is 18.3 Å². The van der Waals surface area contributed by atoms with E-state index in [1.54, 1.807) is 12.1 Å². The second-order valence-electron chi connectivity index (χ2n) is 6.98. The van der Waals surface area contributed by atoms with E-state index >= 15 is 0 Å². The van der Waals surface area contributed by atoms with Gasteiger partial charge < -0.3 is 10.6 Å². The Hall–Kier alpha value is -3.32. The second-order valence-corrected chi connectivity index (χ2v) is 7.84. The third-order valence-electron chi connectivity index (χ3n) is 4.49. The Morgan fingerprint density at radius 2 is 1.67 bits per heavy atom. The normalized spacial score (nSPS) is 10.5. The standard InChI is InChI=1S/C23H23N3O3S/c1-15-3-7-19(8-4-15)21(28)11-12-22(29)26-23-25-20(14-30-23)18-9-5-17(6-10-18)13-24-16(2)27/h3-10,14H,11-13H2,1-2H3,(H,24,27)(H,25,26,29). The molecule has 3 rings (SSSR count). The van der Waals surface area contributed by atoms with Crippen molar-refractivity contribution >= 4 is 34.1 Å². The summed E-state index contributed by atoms with van der Waals surface area (Å²) in [6, 6.07) is 15.1. The van der Waals surface area contributed by atoms with Crippen LogP contribution in [0.2, 0.25) is 0 Å². The Morgan fingerprint density at radius 3 is 2.33 bits per heavy atom. The molecule has 1 aromatic heterocycles. The highest BCUT2D eigenvalue weighted by Gasteiger charge is 2.12. The second kappa shape index (κ2) is 9.93. The number of Topliss-reactive ketones (excluding diaryl/α,β-unsaturated/α-hetero) is 1. The molecule has 0 bridgehead atoms. The molecule has 0 fully saturated rings. The van der Waals surface area contributed by atoms with Crippen molar-refractivity contribution in [2.45, 2.75) is 33.2 Å². The molecule has 1 heterocycles. The van der Waals surface area contributed by atoms with Gasteiger partial charge in [-0.2, -0.15) is 0 Å². The van der Waals surface area contributed by atoms with Crippen molar-refractivity contribution in [2.24, 2.45) is 0 Å². The van der Waals surface area contributed by atoms with Crippen molar-refractivity contribution in [3.8, 4) is 11.3 Å². The van der Waals surface area contributed by atoms with Gasteiger partial charge in [-0.3, -0.25) is 14.4 Å². The summed E-state index contributed by atoms with van der Waals surface area (Å²) in [7, 11) is 0. The summed E-state index contributed by atoms with van der Waals surface area (Å²) < 4.78 is 0. The molecule has 2 aromatic carbocycles. The summed E-state index contributed by atoms with van der Waals surface area (Å²) in [6.45, 7) is 3.93. The molecule has 0 spiro atoms. The van der Waals surface area contributed by atoms with Crippen LogP contribution in [0.25, 0.3) is 11.3 Å². The maximum absolute atomic E-state index is 12.2. The van der Waals surface area contributed by atoms with E-state index in [4.69, 9.17) is 0 Å². The lowest BCUT2D eigenvalue weighted by Crippen LogP contribution is -2.18. The van der Waals surface area contributed by atoms with Crippen LogP contribution in [-0.4, -0.2) is 22.6 Å². The van der Waals surface area contributed by atoms with Crippen LogP contribution in [0.1, 0.15) is 41.3 Å². The summed E-state index contributed by atoms with van der Waals surface area (Å²) in [5, 5.41) is 7.89. The summed E-state index contributed by atoms with van der Waals surface area (Å²) in [5.41, 5.74) is 4.39. The van der Waals surface area contributed by atoms with Crippen LogP contribution < -0.4 is 10.6 Å². The third kappa shape index (κ3) is 6.09. The summed E-state index contributed by atoms with van der Waals surface area (Å²) in [5.74, 6) is -0.356. The van der Waals surface area contributed by atoms with Crippen molar-refractivity contribution in [1.29, 1.82) is 0 Å². The van der Waals surface area contributed by atoms with E-state index < -0.39 is 0 Å². The van der Waals surface area contributed by atoms with Crippen molar-refractivity contribution in [2.75, 3.05) is 5.32 Å². The molecule has 0 unspecified atom stereocenters. The fourth-order valence-electron chi connectivity index (χ4n) is 2.78. The molecule has 154 valence electrons. The quantitative estimate of drug-likeness (QED) is 0.529. The van der Waals surface area contributed by atoms with Gasteiger partial charge in [0, 0.05) is 42.8 Å². The number of aromatic nitrogens is 1. The number of anilines is 1. The first kappa shape index (κ1) is 21.4. The maximum atomic E-state index is 12.2. The van der Waals surface area contributed by atoms with Crippen LogP contribution in [0.4, 0.5) is 5.13 Å². The van der Waals surface area contributed by atoms with E-state index in [1.807, 2.05) is 48.7 Å². The molecule has 0 radical (unpaired) electrons. The van der Waals surface area contributed by atoms with Crippen LogP contribution in [-0.2, 0) is 16.1 Å². The molecule has 2 N–H and O–H groups in total. The molecular weight excluding hydrogens is 398 g/mol. The Balaban J connectivity index is 1.52.